The summed E-state index contributed by atoms with van der Waals surface area (Å²) in [5.41, 5.74) is 14.2. The van der Waals surface area contributed by atoms with Crippen LogP contribution in [0.25, 0.3) is 88.5 Å². The van der Waals surface area contributed by atoms with Crippen LogP contribution in [0.4, 0.5) is 0 Å². The van der Waals surface area contributed by atoms with Crippen LogP contribution in [-0.2, 0) is 5.41 Å². The summed E-state index contributed by atoms with van der Waals surface area (Å²) in [5, 5.41) is 7.78. The van der Waals surface area contributed by atoms with E-state index in [9.17, 15) is 0 Å². The number of hydrogen-bond donors (Lipinski definition) is 0. The van der Waals surface area contributed by atoms with Crippen LogP contribution in [0.15, 0.2) is 218 Å². The second kappa shape index (κ2) is 13.2. The van der Waals surface area contributed by atoms with Crippen molar-refractivity contribution in [2.45, 2.75) is 5.41 Å². The Balaban J connectivity index is 1.11. The van der Waals surface area contributed by atoms with E-state index in [1.165, 1.54) is 76.8 Å². The van der Waals surface area contributed by atoms with Crippen molar-refractivity contribution in [3.05, 3.63) is 241 Å². The SMILES string of the molecule is c1ccc(-c2cc(-c3ccc4c(c3)C(c3ccccc3)(c3ccccc3)c3cc(-c5ccc6ccc7cccc8ccc5c6c78)ccc3-4)nc(-c3ccccc3)n2)cc1. The highest BCUT2D eigenvalue weighted by molar-refractivity contribution is 6.25. The first-order valence-electron chi connectivity index (χ1n) is 20.3. The fraction of sp³-hybridized carbons (Fsp3) is 0.0175. The van der Waals surface area contributed by atoms with Crippen molar-refractivity contribution in [2.24, 2.45) is 0 Å². The van der Waals surface area contributed by atoms with Gasteiger partial charge >= 0.3 is 0 Å². The third-order valence-electron chi connectivity index (χ3n) is 12.5. The molecule has 2 heteroatoms. The molecule has 1 aromatic heterocycles. The molecule has 59 heavy (non-hydrogen) atoms. The zero-order chi connectivity index (χ0) is 38.9. The van der Waals surface area contributed by atoms with Crippen molar-refractivity contribution in [3.63, 3.8) is 0 Å². The Labute approximate surface area is 343 Å². The summed E-state index contributed by atoms with van der Waals surface area (Å²) in [6.45, 7) is 0. The first-order valence-corrected chi connectivity index (χ1v) is 20.3. The molecule has 10 aromatic carbocycles. The van der Waals surface area contributed by atoms with Crippen molar-refractivity contribution in [2.75, 3.05) is 0 Å². The lowest BCUT2D eigenvalue weighted by atomic mass is 9.67. The maximum atomic E-state index is 5.27. The molecular weight excluding hydrogens is 713 g/mol. The predicted molar refractivity (Wildman–Crippen MR) is 245 cm³/mol. The van der Waals surface area contributed by atoms with Gasteiger partial charge in [-0.15, -0.1) is 0 Å². The Bertz CT molecular complexity index is 3240. The molecule has 0 N–H and O–H groups in total. The van der Waals surface area contributed by atoms with Gasteiger partial charge < -0.3 is 0 Å². The van der Waals surface area contributed by atoms with Crippen molar-refractivity contribution in [1.29, 1.82) is 0 Å². The summed E-state index contributed by atoms with van der Waals surface area (Å²) in [7, 11) is 0. The molecule has 1 aliphatic rings. The third kappa shape index (κ3) is 5.13. The largest absolute Gasteiger partial charge is 0.228 e. The highest BCUT2D eigenvalue weighted by atomic mass is 14.9. The molecule has 11 aromatic rings. The maximum Gasteiger partial charge on any atom is 0.160 e. The van der Waals surface area contributed by atoms with Crippen LogP contribution in [0.3, 0.4) is 0 Å². The summed E-state index contributed by atoms with van der Waals surface area (Å²) in [5.74, 6) is 0.709. The van der Waals surface area contributed by atoms with Gasteiger partial charge in [-0.25, -0.2) is 9.97 Å². The molecule has 0 saturated carbocycles. The Morgan fingerprint density at radius 1 is 0.305 bits per heavy atom. The van der Waals surface area contributed by atoms with E-state index in [1.807, 2.05) is 24.3 Å². The summed E-state index contributed by atoms with van der Waals surface area (Å²) >= 11 is 0. The lowest BCUT2D eigenvalue weighted by Gasteiger charge is -2.34. The average molecular weight is 749 g/mol. The predicted octanol–water partition coefficient (Wildman–Crippen LogP) is 14.4. The van der Waals surface area contributed by atoms with Gasteiger partial charge in [-0.05, 0) is 95.0 Å². The zero-order valence-electron chi connectivity index (χ0n) is 32.2. The number of aromatic nitrogens is 2. The van der Waals surface area contributed by atoms with Gasteiger partial charge in [-0.1, -0.05) is 200 Å². The lowest BCUT2D eigenvalue weighted by molar-refractivity contribution is 0.769. The van der Waals surface area contributed by atoms with Gasteiger partial charge in [-0.3, -0.25) is 0 Å². The minimum Gasteiger partial charge on any atom is -0.228 e. The van der Waals surface area contributed by atoms with Crippen LogP contribution in [0.1, 0.15) is 22.3 Å². The normalized spacial score (nSPS) is 12.9. The summed E-state index contributed by atoms with van der Waals surface area (Å²) in [6.07, 6.45) is 0. The van der Waals surface area contributed by atoms with Crippen LogP contribution in [0.5, 0.6) is 0 Å². The molecule has 2 nitrogen and oxygen atoms in total. The summed E-state index contributed by atoms with van der Waals surface area (Å²) in [6, 6.07) is 79.5. The lowest BCUT2D eigenvalue weighted by Crippen LogP contribution is -2.28. The fourth-order valence-electron chi connectivity index (χ4n) is 9.87. The second-order valence-corrected chi connectivity index (χ2v) is 15.7. The molecule has 1 aliphatic carbocycles. The van der Waals surface area contributed by atoms with E-state index in [2.05, 4.69) is 194 Å². The number of rotatable bonds is 6. The van der Waals surface area contributed by atoms with Crippen LogP contribution < -0.4 is 0 Å². The summed E-state index contributed by atoms with van der Waals surface area (Å²) in [4.78, 5) is 10.4. The van der Waals surface area contributed by atoms with Crippen LogP contribution in [-0.4, -0.2) is 9.97 Å². The van der Waals surface area contributed by atoms with Gasteiger partial charge in [0.25, 0.3) is 0 Å². The molecule has 0 radical (unpaired) electrons. The van der Waals surface area contributed by atoms with Gasteiger partial charge in [0.15, 0.2) is 5.82 Å². The zero-order valence-corrected chi connectivity index (χ0v) is 32.2. The van der Waals surface area contributed by atoms with E-state index in [1.54, 1.807) is 0 Å². The molecule has 274 valence electrons. The van der Waals surface area contributed by atoms with Gasteiger partial charge in [0.05, 0.1) is 16.8 Å². The van der Waals surface area contributed by atoms with E-state index in [-0.39, 0.29) is 0 Å². The Morgan fingerprint density at radius 2 is 0.780 bits per heavy atom. The number of nitrogens with zero attached hydrogens (tertiary/aromatic N) is 2. The van der Waals surface area contributed by atoms with E-state index in [0.29, 0.717) is 5.82 Å². The second-order valence-electron chi connectivity index (χ2n) is 15.7. The molecule has 1 heterocycles. The van der Waals surface area contributed by atoms with Gasteiger partial charge in [-0.2, -0.15) is 0 Å². The first-order chi connectivity index (χ1) is 29.2. The monoisotopic (exact) mass is 748 g/mol. The van der Waals surface area contributed by atoms with Crippen LogP contribution >= 0.6 is 0 Å². The highest BCUT2D eigenvalue weighted by Crippen LogP contribution is 2.57. The molecule has 0 atom stereocenters. The smallest absolute Gasteiger partial charge is 0.160 e. The van der Waals surface area contributed by atoms with Gasteiger partial charge in [0.1, 0.15) is 0 Å². The molecule has 0 amide bonds. The quantitative estimate of drug-likeness (QED) is 0.158. The van der Waals surface area contributed by atoms with Crippen molar-refractivity contribution in [1.82, 2.24) is 9.97 Å². The van der Waals surface area contributed by atoms with E-state index in [0.717, 1.165) is 28.1 Å². The maximum absolute atomic E-state index is 5.27. The minimum absolute atomic E-state index is 0.597. The first kappa shape index (κ1) is 33.5. The standard InChI is InChI=1S/C57H36N2/c1-5-14-37(15-6-1)52-36-53(59-56(58-52)41-16-7-2-8-17-41)43-29-32-48-47-31-28-42(46-30-26-40-25-24-38-18-13-19-39-27-33-49(46)55(40)54(38)39)34-50(47)57(51(48)35-43,44-20-9-3-10-21-44)45-22-11-4-12-23-45/h1-36H. The highest BCUT2D eigenvalue weighted by Gasteiger charge is 2.46. The number of benzene rings is 10. The topological polar surface area (TPSA) is 25.8 Å². The molecule has 0 bridgehead atoms. The molecule has 0 fully saturated rings. The van der Waals surface area contributed by atoms with Gasteiger partial charge in [0, 0.05) is 16.7 Å². The minimum atomic E-state index is -0.597. The third-order valence-corrected chi connectivity index (χ3v) is 12.5. The fourth-order valence-corrected chi connectivity index (χ4v) is 9.87. The summed E-state index contributed by atoms with van der Waals surface area (Å²) < 4.78 is 0. The molecule has 0 saturated heterocycles. The molecule has 12 rings (SSSR count). The molecular formula is C57H36N2. The number of fused-ring (bicyclic) bond motifs is 3. The van der Waals surface area contributed by atoms with E-state index < -0.39 is 5.41 Å². The Kier molecular flexibility index (Phi) is 7.48. The molecule has 0 unspecified atom stereocenters. The molecule has 0 aliphatic heterocycles. The van der Waals surface area contributed by atoms with Crippen LogP contribution in [0.2, 0.25) is 0 Å². The van der Waals surface area contributed by atoms with Crippen molar-refractivity contribution in [3.8, 4) is 56.2 Å². The van der Waals surface area contributed by atoms with E-state index in [4.69, 9.17) is 9.97 Å². The Hall–Kier alpha value is -7.68. The van der Waals surface area contributed by atoms with Crippen molar-refractivity contribution < 1.29 is 0 Å². The average Bonchev–Trinajstić information content (AvgIpc) is 3.61. The van der Waals surface area contributed by atoms with Crippen molar-refractivity contribution >= 4 is 32.3 Å². The number of hydrogen-bond acceptors (Lipinski definition) is 2. The van der Waals surface area contributed by atoms with E-state index >= 15 is 0 Å². The molecule has 0 spiro atoms. The Morgan fingerprint density at radius 3 is 1.41 bits per heavy atom. The van der Waals surface area contributed by atoms with Crippen LogP contribution in [0, 0.1) is 0 Å². The van der Waals surface area contributed by atoms with Gasteiger partial charge in [0.2, 0.25) is 0 Å².